The third-order valence-corrected chi connectivity index (χ3v) is 1.74. The Hall–Kier alpha value is -0.120. The molecule has 0 spiro atoms. The van der Waals surface area contributed by atoms with E-state index in [4.69, 9.17) is 15.2 Å². The third kappa shape index (κ3) is 8.22. The maximum atomic E-state index is 5.64. The Balaban J connectivity index is 3.36. The molecule has 0 aromatic rings. The summed E-state index contributed by atoms with van der Waals surface area (Å²) in [5.41, 5.74) is 5.56. The highest BCUT2D eigenvalue weighted by atomic mass is 16.5. The van der Waals surface area contributed by atoms with Gasteiger partial charge in [-0.05, 0) is 34.6 Å². The molecule has 13 heavy (non-hydrogen) atoms. The topological polar surface area (TPSA) is 44.5 Å². The second-order valence-electron chi connectivity index (χ2n) is 4.40. The molecular formula is C10H23NO2. The van der Waals surface area contributed by atoms with Crippen molar-refractivity contribution in [3.8, 4) is 0 Å². The summed E-state index contributed by atoms with van der Waals surface area (Å²) in [5, 5.41) is 0. The Labute approximate surface area is 81.6 Å². The van der Waals surface area contributed by atoms with Crippen molar-refractivity contribution in [3.05, 3.63) is 0 Å². The normalized spacial score (nSPS) is 17.1. The summed E-state index contributed by atoms with van der Waals surface area (Å²) in [6, 6.07) is 0.0784. The molecule has 0 heterocycles. The number of rotatable bonds is 5. The molecule has 0 saturated heterocycles. The van der Waals surface area contributed by atoms with Crippen LogP contribution < -0.4 is 5.73 Å². The Morgan fingerprint density at radius 2 is 1.69 bits per heavy atom. The van der Waals surface area contributed by atoms with Gasteiger partial charge < -0.3 is 15.2 Å². The van der Waals surface area contributed by atoms with Crippen LogP contribution in [0.15, 0.2) is 0 Å². The van der Waals surface area contributed by atoms with Crippen molar-refractivity contribution in [3.63, 3.8) is 0 Å². The minimum Gasteiger partial charge on any atom is -0.375 e. The minimum atomic E-state index is -0.0824. The van der Waals surface area contributed by atoms with Crippen LogP contribution in [0.3, 0.4) is 0 Å². The van der Waals surface area contributed by atoms with Gasteiger partial charge in [-0.25, -0.2) is 0 Å². The molecule has 3 nitrogen and oxygen atoms in total. The molecule has 0 aromatic carbocycles. The van der Waals surface area contributed by atoms with Gasteiger partial charge in [-0.15, -0.1) is 0 Å². The summed E-state index contributed by atoms with van der Waals surface area (Å²) in [7, 11) is 0. The molecule has 2 N–H and O–H groups in total. The second-order valence-corrected chi connectivity index (χ2v) is 4.40. The molecule has 2 unspecified atom stereocenters. The quantitative estimate of drug-likeness (QED) is 0.667. The Morgan fingerprint density at radius 1 is 1.15 bits per heavy atom. The molecule has 0 aliphatic heterocycles. The lowest BCUT2D eigenvalue weighted by atomic mass is 10.2. The predicted molar refractivity (Wildman–Crippen MR) is 54.8 cm³/mol. The maximum absolute atomic E-state index is 5.64. The lowest BCUT2D eigenvalue weighted by Crippen LogP contribution is -2.32. The molecule has 0 bridgehead atoms. The average molecular weight is 189 g/mol. The van der Waals surface area contributed by atoms with E-state index in [1.54, 1.807) is 0 Å². The van der Waals surface area contributed by atoms with Gasteiger partial charge in [-0.1, -0.05) is 0 Å². The van der Waals surface area contributed by atoms with E-state index in [1.807, 2.05) is 34.6 Å². The maximum Gasteiger partial charge on any atom is 0.0707 e. The van der Waals surface area contributed by atoms with E-state index in [0.29, 0.717) is 13.2 Å². The fourth-order valence-corrected chi connectivity index (χ4v) is 0.734. The van der Waals surface area contributed by atoms with Crippen LogP contribution in [0.5, 0.6) is 0 Å². The van der Waals surface area contributed by atoms with Crippen LogP contribution >= 0.6 is 0 Å². The van der Waals surface area contributed by atoms with Crippen molar-refractivity contribution in [2.75, 3.05) is 13.2 Å². The number of hydrogen-bond acceptors (Lipinski definition) is 3. The van der Waals surface area contributed by atoms with Gasteiger partial charge in [0.2, 0.25) is 0 Å². The number of nitrogens with two attached hydrogens (primary N) is 1. The summed E-state index contributed by atoms with van der Waals surface area (Å²) < 4.78 is 10.9. The first-order valence-corrected chi connectivity index (χ1v) is 4.84. The molecule has 0 aliphatic rings. The van der Waals surface area contributed by atoms with E-state index >= 15 is 0 Å². The first-order chi connectivity index (χ1) is 5.83. The van der Waals surface area contributed by atoms with Gasteiger partial charge >= 0.3 is 0 Å². The van der Waals surface area contributed by atoms with Crippen molar-refractivity contribution >= 4 is 0 Å². The fraction of sp³-hybridized carbons (Fsp3) is 1.00. The molecule has 0 rings (SSSR count). The van der Waals surface area contributed by atoms with Crippen LogP contribution in [0, 0.1) is 0 Å². The first-order valence-electron chi connectivity index (χ1n) is 4.84. The zero-order chi connectivity index (χ0) is 10.5. The fourth-order valence-electron chi connectivity index (χ4n) is 0.734. The summed E-state index contributed by atoms with van der Waals surface area (Å²) in [6.07, 6.45) is 0.101. The van der Waals surface area contributed by atoms with E-state index < -0.39 is 0 Å². The highest BCUT2D eigenvalue weighted by molar-refractivity contribution is 4.62. The van der Waals surface area contributed by atoms with Crippen molar-refractivity contribution in [2.24, 2.45) is 5.73 Å². The Morgan fingerprint density at radius 3 is 2.08 bits per heavy atom. The monoisotopic (exact) mass is 189 g/mol. The molecule has 0 amide bonds. The first kappa shape index (κ1) is 12.9. The summed E-state index contributed by atoms with van der Waals surface area (Å²) in [4.78, 5) is 0. The zero-order valence-corrected chi connectivity index (χ0v) is 9.46. The van der Waals surface area contributed by atoms with Gasteiger partial charge in [0.15, 0.2) is 0 Å². The van der Waals surface area contributed by atoms with E-state index in [1.165, 1.54) is 0 Å². The van der Waals surface area contributed by atoms with Gasteiger partial charge in [0.05, 0.1) is 24.9 Å². The Kier molecular flexibility index (Phi) is 5.53. The minimum absolute atomic E-state index is 0.0784. The second kappa shape index (κ2) is 5.58. The van der Waals surface area contributed by atoms with Crippen LogP contribution in [0.4, 0.5) is 0 Å². The number of hydrogen-bond donors (Lipinski definition) is 1. The molecule has 3 heteroatoms. The van der Waals surface area contributed by atoms with Crippen molar-refractivity contribution in [1.29, 1.82) is 0 Å². The van der Waals surface area contributed by atoms with Crippen LogP contribution in [0.1, 0.15) is 34.6 Å². The predicted octanol–water partition coefficient (Wildman–Crippen LogP) is 1.55. The standard InChI is InChI=1S/C10H23NO2/c1-8(11)9(2)12-6-7-13-10(3,4)5/h8-9H,6-7,11H2,1-5H3. The van der Waals surface area contributed by atoms with Crippen LogP contribution in [-0.4, -0.2) is 31.0 Å². The van der Waals surface area contributed by atoms with E-state index in [9.17, 15) is 0 Å². The molecule has 0 radical (unpaired) electrons. The SMILES string of the molecule is CC(N)C(C)OCCOC(C)(C)C. The third-order valence-electron chi connectivity index (χ3n) is 1.74. The molecule has 2 atom stereocenters. The molecule has 0 saturated carbocycles. The lowest BCUT2D eigenvalue weighted by molar-refractivity contribution is -0.0513. The zero-order valence-electron chi connectivity index (χ0n) is 9.46. The highest BCUT2D eigenvalue weighted by Gasteiger charge is 2.11. The van der Waals surface area contributed by atoms with Gasteiger partial charge in [0, 0.05) is 6.04 Å². The van der Waals surface area contributed by atoms with Gasteiger partial charge in [-0.2, -0.15) is 0 Å². The smallest absolute Gasteiger partial charge is 0.0707 e. The van der Waals surface area contributed by atoms with E-state index in [2.05, 4.69) is 0 Å². The van der Waals surface area contributed by atoms with Gasteiger partial charge in [0.1, 0.15) is 0 Å². The molecule has 0 aromatic heterocycles. The van der Waals surface area contributed by atoms with Crippen LogP contribution in [0.2, 0.25) is 0 Å². The molecule has 0 aliphatic carbocycles. The summed E-state index contributed by atoms with van der Waals surface area (Å²) >= 11 is 0. The van der Waals surface area contributed by atoms with Crippen molar-refractivity contribution < 1.29 is 9.47 Å². The van der Waals surface area contributed by atoms with Crippen LogP contribution in [-0.2, 0) is 9.47 Å². The van der Waals surface area contributed by atoms with Crippen molar-refractivity contribution in [1.82, 2.24) is 0 Å². The van der Waals surface area contributed by atoms with Crippen LogP contribution in [0.25, 0.3) is 0 Å². The molecule has 0 fully saturated rings. The van der Waals surface area contributed by atoms with Gasteiger partial charge in [-0.3, -0.25) is 0 Å². The molecule has 80 valence electrons. The molecular weight excluding hydrogens is 166 g/mol. The largest absolute Gasteiger partial charge is 0.375 e. The Bertz CT molecular complexity index is 129. The van der Waals surface area contributed by atoms with Crippen molar-refractivity contribution in [2.45, 2.75) is 52.4 Å². The van der Waals surface area contributed by atoms with E-state index in [-0.39, 0.29) is 17.7 Å². The summed E-state index contributed by atoms with van der Waals surface area (Å²) in [5.74, 6) is 0. The highest BCUT2D eigenvalue weighted by Crippen LogP contribution is 2.06. The summed E-state index contributed by atoms with van der Waals surface area (Å²) in [6.45, 7) is 11.2. The van der Waals surface area contributed by atoms with E-state index in [0.717, 1.165) is 0 Å². The van der Waals surface area contributed by atoms with Gasteiger partial charge in [0.25, 0.3) is 0 Å². The number of ether oxygens (including phenoxy) is 2. The lowest BCUT2D eigenvalue weighted by Gasteiger charge is -2.21. The average Bonchev–Trinajstić information content (AvgIpc) is 1.95.